The molecule has 1 aromatic carbocycles. The number of halogens is 3. The number of ether oxygens (including phenoxy) is 1. The molecular weight excluding hydrogens is 243 g/mol. The molecule has 0 saturated carbocycles. The van der Waals surface area contributed by atoms with E-state index in [2.05, 4.69) is 0 Å². The zero-order valence-corrected chi connectivity index (χ0v) is 10.2. The second kappa shape index (κ2) is 5.76. The number of benzene rings is 1. The summed E-state index contributed by atoms with van der Waals surface area (Å²) in [6.45, 7) is 3.17. The van der Waals surface area contributed by atoms with Crippen molar-refractivity contribution in [1.82, 2.24) is 0 Å². The second-order valence-electron chi connectivity index (χ2n) is 4.23. The van der Waals surface area contributed by atoms with Gasteiger partial charge in [-0.05, 0) is 17.5 Å². The van der Waals surface area contributed by atoms with Gasteiger partial charge >= 0.3 is 6.18 Å². The molecule has 0 fully saturated rings. The first-order valence-corrected chi connectivity index (χ1v) is 5.54. The van der Waals surface area contributed by atoms with Gasteiger partial charge in [0.1, 0.15) is 12.4 Å². The molecule has 2 nitrogen and oxygen atoms in total. The molecule has 0 aliphatic carbocycles. The number of nitriles is 1. The zero-order chi connectivity index (χ0) is 13.8. The van der Waals surface area contributed by atoms with Crippen LogP contribution in [-0.4, -0.2) is 12.8 Å². The van der Waals surface area contributed by atoms with E-state index in [1.807, 2.05) is 13.8 Å². The number of rotatable bonds is 4. The third-order valence-electron chi connectivity index (χ3n) is 2.50. The van der Waals surface area contributed by atoms with Gasteiger partial charge in [-0.3, -0.25) is 0 Å². The first-order valence-electron chi connectivity index (χ1n) is 5.54. The standard InChI is InChI=1S/C13H14F3NO/c1-9(2)11-5-3-4-6-12(11)18-8-10(7-17)13(14,15)16/h3-6,9-10H,8H2,1-2H3. The molecule has 0 spiro atoms. The molecule has 0 aliphatic rings. The molecular formula is C13H14F3NO. The average molecular weight is 257 g/mol. The van der Waals surface area contributed by atoms with Crippen LogP contribution in [0.2, 0.25) is 0 Å². The summed E-state index contributed by atoms with van der Waals surface area (Å²) in [7, 11) is 0. The van der Waals surface area contributed by atoms with Crippen molar-refractivity contribution in [3.05, 3.63) is 29.8 Å². The predicted octanol–water partition coefficient (Wildman–Crippen LogP) is 3.89. The van der Waals surface area contributed by atoms with Crippen molar-refractivity contribution >= 4 is 0 Å². The van der Waals surface area contributed by atoms with Crippen LogP contribution in [0.1, 0.15) is 25.3 Å². The Labute approximate surface area is 104 Å². The van der Waals surface area contributed by atoms with Crippen LogP contribution in [0.15, 0.2) is 24.3 Å². The van der Waals surface area contributed by atoms with Crippen molar-refractivity contribution in [3.63, 3.8) is 0 Å². The fraction of sp³-hybridized carbons (Fsp3) is 0.462. The number of nitrogens with zero attached hydrogens (tertiary/aromatic N) is 1. The normalized spacial score (nSPS) is 13.2. The SMILES string of the molecule is CC(C)c1ccccc1OCC(C#N)C(F)(F)F. The van der Waals surface area contributed by atoms with Crippen molar-refractivity contribution in [2.45, 2.75) is 25.9 Å². The van der Waals surface area contributed by atoms with E-state index in [0.29, 0.717) is 5.75 Å². The van der Waals surface area contributed by atoms with Crippen molar-refractivity contribution in [3.8, 4) is 11.8 Å². The molecule has 1 atom stereocenters. The van der Waals surface area contributed by atoms with Gasteiger partial charge in [0.05, 0.1) is 6.07 Å². The Kier molecular flexibility index (Phi) is 4.60. The minimum absolute atomic E-state index is 0.146. The van der Waals surface area contributed by atoms with Crippen molar-refractivity contribution in [1.29, 1.82) is 5.26 Å². The van der Waals surface area contributed by atoms with Gasteiger partial charge in [-0.15, -0.1) is 0 Å². The van der Waals surface area contributed by atoms with Crippen LogP contribution in [0.5, 0.6) is 5.75 Å². The first kappa shape index (κ1) is 14.4. The lowest BCUT2D eigenvalue weighted by atomic mass is 10.0. The summed E-state index contributed by atoms with van der Waals surface area (Å²) >= 11 is 0. The van der Waals surface area contributed by atoms with Gasteiger partial charge in [0.2, 0.25) is 0 Å². The molecule has 0 saturated heterocycles. The Bertz CT molecular complexity index is 435. The second-order valence-corrected chi connectivity index (χ2v) is 4.23. The molecule has 5 heteroatoms. The van der Waals surface area contributed by atoms with Crippen LogP contribution < -0.4 is 4.74 Å². The molecule has 0 bridgehead atoms. The Morgan fingerprint density at radius 2 is 1.89 bits per heavy atom. The lowest BCUT2D eigenvalue weighted by Crippen LogP contribution is -2.27. The maximum Gasteiger partial charge on any atom is 0.407 e. The van der Waals surface area contributed by atoms with Gasteiger partial charge in [0.25, 0.3) is 0 Å². The third kappa shape index (κ3) is 3.66. The predicted molar refractivity (Wildman–Crippen MR) is 61.2 cm³/mol. The van der Waals surface area contributed by atoms with Crippen LogP contribution >= 0.6 is 0 Å². The van der Waals surface area contributed by atoms with Crippen LogP contribution in [0.4, 0.5) is 13.2 Å². The average Bonchev–Trinajstić information content (AvgIpc) is 2.28. The van der Waals surface area contributed by atoms with E-state index in [4.69, 9.17) is 10.00 Å². The van der Waals surface area contributed by atoms with Gasteiger partial charge in [-0.2, -0.15) is 18.4 Å². The number of hydrogen-bond acceptors (Lipinski definition) is 2. The lowest BCUT2D eigenvalue weighted by Gasteiger charge is -2.17. The van der Waals surface area contributed by atoms with Crippen molar-refractivity contribution in [2.24, 2.45) is 5.92 Å². The Balaban J connectivity index is 2.78. The molecule has 0 N–H and O–H groups in total. The van der Waals surface area contributed by atoms with Gasteiger partial charge in [-0.1, -0.05) is 32.0 Å². The van der Waals surface area contributed by atoms with Crippen molar-refractivity contribution in [2.75, 3.05) is 6.61 Å². The molecule has 0 heterocycles. The minimum Gasteiger partial charge on any atom is -0.492 e. The highest BCUT2D eigenvalue weighted by atomic mass is 19.4. The van der Waals surface area contributed by atoms with Gasteiger partial charge in [0, 0.05) is 0 Å². The van der Waals surface area contributed by atoms with E-state index in [9.17, 15) is 13.2 Å². The van der Waals surface area contributed by atoms with Gasteiger partial charge in [-0.25, -0.2) is 0 Å². The third-order valence-corrected chi connectivity index (χ3v) is 2.50. The maximum absolute atomic E-state index is 12.4. The summed E-state index contributed by atoms with van der Waals surface area (Å²) in [6.07, 6.45) is -4.55. The van der Waals surface area contributed by atoms with Crippen molar-refractivity contribution < 1.29 is 17.9 Å². The fourth-order valence-electron chi connectivity index (χ4n) is 1.47. The first-order chi connectivity index (χ1) is 8.36. The van der Waals surface area contributed by atoms with Crippen LogP contribution in [-0.2, 0) is 0 Å². The molecule has 0 radical (unpaired) electrons. The summed E-state index contributed by atoms with van der Waals surface area (Å²) in [5.74, 6) is -1.55. The van der Waals surface area contributed by atoms with Gasteiger partial charge < -0.3 is 4.74 Å². The zero-order valence-electron chi connectivity index (χ0n) is 10.2. The Morgan fingerprint density at radius 3 is 2.39 bits per heavy atom. The van der Waals surface area contributed by atoms with Crippen LogP contribution in [0.25, 0.3) is 0 Å². The van der Waals surface area contributed by atoms with E-state index in [-0.39, 0.29) is 5.92 Å². The largest absolute Gasteiger partial charge is 0.492 e. The quantitative estimate of drug-likeness (QED) is 0.819. The smallest absolute Gasteiger partial charge is 0.407 e. The number of para-hydroxylation sites is 1. The van der Waals surface area contributed by atoms with E-state index in [1.165, 1.54) is 6.07 Å². The summed E-state index contributed by atoms with van der Waals surface area (Å²) < 4.78 is 42.3. The van der Waals surface area contributed by atoms with E-state index >= 15 is 0 Å². The molecule has 1 unspecified atom stereocenters. The fourth-order valence-corrected chi connectivity index (χ4v) is 1.47. The van der Waals surface area contributed by atoms with E-state index in [1.54, 1.807) is 24.3 Å². The summed E-state index contributed by atoms with van der Waals surface area (Å²) in [6, 6.07) is 8.11. The summed E-state index contributed by atoms with van der Waals surface area (Å²) in [5.41, 5.74) is 0.830. The summed E-state index contributed by atoms with van der Waals surface area (Å²) in [5, 5.41) is 8.47. The number of alkyl halides is 3. The summed E-state index contributed by atoms with van der Waals surface area (Å²) in [4.78, 5) is 0. The Hall–Kier alpha value is -1.70. The molecule has 1 aromatic rings. The van der Waals surface area contributed by atoms with E-state index < -0.39 is 18.7 Å². The molecule has 1 rings (SSSR count). The molecule has 0 amide bonds. The maximum atomic E-state index is 12.4. The number of hydrogen-bond donors (Lipinski definition) is 0. The van der Waals surface area contributed by atoms with Crippen LogP contribution in [0.3, 0.4) is 0 Å². The topological polar surface area (TPSA) is 33.0 Å². The van der Waals surface area contributed by atoms with E-state index in [0.717, 1.165) is 5.56 Å². The van der Waals surface area contributed by atoms with Gasteiger partial charge in [0.15, 0.2) is 5.92 Å². The highest BCUT2D eigenvalue weighted by molar-refractivity contribution is 5.35. The molecule has 18 heavy (non-hydrogen) atoms. The monoisotopic (exact) mass is 257 g/mol. The minimum atomic E-state index is -4.55. The highest BCUT2D eigenvalue weighted by Crippen LogP contribution is 2.29. The molecule has 0 aromatic heterocycles. The molecule has 98 valence electrons. The molecule has 0 aliphatic heterocycles. The lowest BCUT2D eigenvalue weighted by molar-refractivity contribution is -0.165. The Morgan fingerprint density at radius 1 is 1.28 bits per heavy atom. The van der Waals surface area contributed by atoms with Crippen LogP contribution in [0, 0.1) is 17.2 Å². The highest BCUT2D eigenvalue weighted by Gasteiger charge is 2.40.